The Bertz CT molecular complexity index is 2800. The molecule has 3 aromatic heterocycles. The Morgan fingerprint density at radius 1 is 0.857 bits per heavy atom. The van der Waals surface area contributed by atoms with E-state index in [4.69, 9.17) is 41.1 Å². The van der Waals surface area contributed by atoms with E-state index in [-0.39, 0.29) is 23.4 Å². The third-order valence-corrected chi connectivity index (χ3v) is 12.8. The van der Waals surface area contributed by atoms with Gasteiger partial charge in [0.15, 0.2) is 10.7 Å². The molecule has 9 rings (SSSR count). The fraction of sp³-hybridized carbons (Fsp3) is 0.240. The molecule has 318 valence electrons. The first-order valence-corrected chi connectivity index (χ1v) is 22.5. The van der Waals surface area contributed by atoms with Crippen molar-refractivity contribution >= 4 is 50.4 Å². The van der Waals surface area contributed by atoms with Crippen LogP contribution >= 0.6 is 27.5 Å². The zero-order valence-corrected chi connectivity index (χ0v) is 37.3. The van der Waals surface area contributed by atoms with Gasteiger partial charge < -0.3 is 18.6 Å². The second-order valence-corrected chi connectivity index (χ2v) is 16.7. The summed E-state index contributed by atoms with van der Waals surface area (Å²) in [6, 6.07) is 43.9. The van der Waals surface area contributed by atoms with E-state index in [1.165, 1.54) is 0 Å². The highest BCUT2D eigenvalue weighted by Gasteiger charge is 2.42. The smallest absolute Gasteiger partial charge is 0.328 e. The van der Waals surface area contributed by atoms with Crippen molar-refractivity contribution in [3.8, 4) is 22.7 Å². The molecule has 0 radical (unpaired) electrons. The summed E-state index contributed by atoms with van der Waals surface area (Å²) < 4.78 is 14.6. The Hall–Kier alpha value is -6.37. The molecule has 11 nitrogen and oxygen atoms in total. The molecule has 1 aliphatic heterocycles. The van der Waals surface area contributed by atoms with Crippen molar-refractivity contribution in [1.82, 2.24) is 34.7 Å². The van der Waals surface area contributed by atoms with Crippen LogP contribution < -0.4 is 0 Å². The summed E-state index contributed by atoms with van der Waals surface area (Å²) in [7, 11) is 0. The van der Waals surface area contributed by atoms with Gasteiger partial charge >= 0.3 is 5.97 Å². The Labute approximate surface area is 378 Å². The van der Waals surface area contributed by atoms with Crippen molar-refractivity contribution in [1.29, 1.82) is 0 Å². The molecule has 1 fully saturated rings. The summed E-state index contributed by atoms with van der Waals surface area (Å²) in [6.07, 6.45) is 3.71. The summed E-state index contributed by atoms with van der Waals surface area (Å²) in [5.74, 6) is 1.04. The van der Waals surface area contributed by atoms with E-state index in [1.54, 1.807) is 16.6 Å². The van der Waals surface area contributed by atoms with Crippen molar-refractivity contribution in [3.63, 3.8) is 0 Å². The number of amides is 1. The van der Waals surface area contributed by atoms with Crippen LogP contribution in [0.5, 0.6) is 0 Å². The number of furan rings is 1. The van der Waals surface area contributed by atoms with E-state index in [0.717, 1.165) is 61.9 Å². The summed E-state index contributed by atoms with van der Waals surface area (Å²) in [4.78, 5) is 35.1. The minimum atomic E-state index is -0.933. The number of imidazole rings is 1. The molecule has 1 saturated heterocycles. The number of aromatic nitrogens is 6. The van der Waals surface area contributed by atoms with Gasteiger partial charge in [-0.25, -0.2) is 9.78 Å². The Kier molecular flexibility index (Phi) is 12.1. The number of rotatable bonds is 14. The van der Waals surface area contributed by atoms with Crippen LogP contribution in [0.3, 0.4) is 0 Å². The number of likely N-dealkylation sites (tertiary alicyclic amines) is 1. The van der Waals surface area contributed by atoms with Gasteiger partial charge in [-0.2, -0.15) is 0 Å². The maximum absolute atomic E-state index is 14.3. The highest BCUT2D eigenvalue weighted by atomic mass is 79.9. The van der Waals surface area contributed by atoms with Crippen molar-refractivity contribution in [2.24, 2.45) is 0 Å². The number of benzene rings is 5. The molecule has 8 aromatic rings. The first-order valence-electron chi connectivity index (χ1n) is 21.3. The topological polar surface area (TPSA) is 121 Å². The van der Waals surface area contributed by atoms with Crippen LogP contribution in [0.2, 0.25) is 5.15 Å². The molecule has 1 atom stereocenters. The van der Waals surface area contributed by atoms with Gasteiger partial charge in [0.25, 0.3) is 5.91 Å². The number of carbonyl (C=O) groups excluding carboxylic acids is 2. The van der Waals surface area contributed by atoms with Crippen molar-refractivity contribution in [2.45, 2.75) is 64.1 Å². The third kappa shape index (κ3) is 7.76. The second-order valence-electron chi connectivity index (χ2n) is 15.6. The lowest BCUT2D eigenvalue weighted by molar-refractivity contribution is -0.147. The summed E-state index contributed by atoms with van der Waals surface area (Å²) in [5, 5.41) is 15.7. The monoisotopic (exact) mass is 921 g/mol. The van der Waals surface area contributed by atoms with E-state index >= 15 is 0 Å². The molecule has 0 N–H and O–H groups in total. The number of hydrogen-bond donors (Lipinski definition) is 0. The summed E-state index contributed by atoms with van der Waals surface area (Å²) >= 11 is 10.7. The largest absolute Gasteiger partial charge is 0.464 e. The second kappa shape index (κ2) is 18.2. The first-order chi connectivity index (χ1) is 30.8. The van der Waals surface area contributed by atoms with Crippen LogP contribution in [0.25, 0.3) is 33.7 Å². The summed E-state index contributed by atoms with van der Waals surface area (Å²) in [5.41, 5.74) is 5.41. The quantitative estimate of drug-likeness (QED) is 0.0781. The number of carbonyl (C=O) groups is 2. The lowest BCUT2D eigenvalue weighted by atomic mass is 9.77. The number of nitrogens with zero attached hydrogens (tertiary/aromatic N) is 7. The molecule has 1 aliphatic rings. The van der Waals surface area contributed by atoms with E-state index in [9.17, 15) is 9.59 Å². The third-order valence-electron chi connectivity index (χ3n) is 11.8. The summed E-state index contributed by atoms with van der Waals surface area (Å²) in [6.45, 7) is 4.89. The number of tetrazole rings is 1. The SMILES string of the molecule is CCCCc1nc(Cl)c(C(=O)N2CCC[C@H]2C(=O)OCC)n1Cc1ccc2oc(-c3ccccc3-c3nnn(C(c4ccccc4)(c4ccccc4)c4ccccc4)n3)c(Br)c2c1. The van der Waals surface area contributed by atoms with Gasteiger partial charge in [-0.15, -0.1) is 15.0 Å². The minimum Gasteiger partial charge on any atom is -0.464 e. The number of ether oxygens (including phenoxy) is 1. The standard InChI is InChI=1S/C50H45BrClN7O4/c1-3-5-27-42-53-46(52)44(48(60)57-30-17-26-40(57)49(61)62-4-2)58(42)32-33-28-29-41-39(31-33)43(51)45(63-41)37-24-15-16-25-38(37)47-54-56-59(55-47)50(34-18-9-6-10-19-34,35-20-11-7-12-21-35)36-22-13-8-14-23-36/h6-16,18-25,28-29,31,40H,3-5,17,26-27,30,32H2,1-2H3/t40-/m0/s1. The van der Waals surface area contributed by atoms with Gasteiger partial charge in [0.1, 0.15) is 28.9 Å². The van der Waals surface area contributed by atoms with Crippen molar-refractivity contribution in [2.75, 3.05) is 13.2 Å². The lowest BCUT2D eigenvalue weighted by Gasteiger charge is -2.34. The molecule has 1 amide bonds. The molecule has 0 saturated carbocycles. The van der Waals surface area contributed by atoms with Crippen LogP contribution in [0.15, 0.2) is 142 Å². The molecule has 5 aromatic carbocycles. The van der Waals surface area contributed by atoms with Crippen LogP contribution in [-0.2, 0) is 28.0 Å². The Morgan fingerprint density at radius 2 is 1.49 bits per heavy atom. The number of aryl methyl sites for hydroxylation is 1. The zero-order chi connectivity index (χ0) is 43.5. The van der Waals surface area contributed by atoms with E-state index < -0.39 is 17.6 Å². The lowest BCUT2D eigenvalue weighted by Crippen LogP contribution is -2.42. The van der Waals surface area contributed by atoms with Crippen molar-refractivity contribution < 1.29 is 18.7 Å². The predicted molar refractivity (Wildman–Crippen MR) is 246 cm³/mol. The molecular weight excluding hydrogens is 878 g/mol. The molecule has 0 spiro atoms. The highest BCUT2D eigenvalue weighted by molar-refractivity contribution is 9.10. The zero-order valence-electron chi connectivity index (χ0n) is 35.0. The molecular formula is C50H45BrClN7O4. The fourth-order valence-electron chi connectivity index (χ4n) is 8.79. The Balaban J connectivity index is 1.09. The molecule has 0 unspecified atom stereocenters. The minimum absolute atomic E-state index is 0.129. The molecule has 13 heteroatoms. The molecule has 0 bridgehead atoms. The fourth-order valence-corrected chi connectivity index (χ4v) is 9.67. The number of halogens is 2. The van der Waals surface area contributed by atoms with Gasteiger partial charge in [-0.05, 0) is 81.7 Å². The van der Waals surface area contributed by atoms with E-state index in [0.29, 0.717) is 49.5 Å². The van der Waals surface area contributed by atoms with Gasteiger partial charge in [0.2, 0.25) is 5.82 Å². The average molecular weight is 923 g/mol. The van der Waals surface area contributed by atoms with Gasteiger partial charge in [-0.1, -0.05) is 146 Å². The Morgan fingerprint density at radius 3 is 2.13 bits per heavy atom. The maximum atomic E-state index is 14.3. The van der Waals surface area contributed by atoms with Crippen LogP contribution in [0.1, 0.15) is 78.1 Å². The van der Waals surface area contributed by atoms with Gasteiger partial charge in [0, 0.05) is 36.0 Å². The van der Waals surface area contributed by atoms with Crippen LogP contribution in [-0.4, -0.2) is 65.7 Å². The maximum Gasteiger partial charge on any atom is 0.328 e. The normalized spacial score (nSPS) is 14.1. The predicted octanol–water partition coefficient (Wildman–Crippen LogP) is 10.8. The molecule has 0 aliphatic carbocycles. The number of unbranched alkanes of at least 4 members (excludes halogenated alkanes) is 1. The van der Waals surface area contributed by atoms with Crippen molar-refractivity contribution in [3.05, 3.63) is 177 Å². The average Bonchev–Trinajstić information content (AvgIpc) is 4.14. The van der Waals surface area contributed by atoms with Crippen LogP contribution in [0.4, 0.5) is 0 Å². The van der Waals surface area contributed by atoms with Gasteiger partial charge in [-0.3, -0.25) is 4.79 Å². The van der Waals surface area contributed by atoms with E-state index in [2.05, 4.69) is 65.3 Å². The number of esters is 1. The number of hydrogen-bond acceptors (Lipinski definition) is 8. The highest BCUT2D eigenvalue weighted by Crippen LogP contribution is 2.43. The van der Waals surface area contributed by atoms with E-state index in [1.807, 2.05) is 95.6 Å². The number of fused-ring (bicyclic) bond motifs is 1. The first kappa shape index (κ1) is 42.0. The molecule has 63 heavy (non-hydrogen) atoms. The molecule has 4 heterocycles. The van der Waals surface area contributed by atoms with Crippen LogP contribution in [0, 0.1) is 0 Å². The van der Waals surface area contributed by atoms with Gasteiger partial charge in [0.05, 0.1) is 11.1 Å².